The molecule has 0 spiro atoms. The van der Waals surface area contributed by atoms with Gasteiger partial charge in [-0.3, -0.25) is 4.98 Å². The van der Waals surface area contributed by atoms with E-state index in [0.29, 0.717) is 11.5 Å². The van der Waals surface area contributed by atoms with E-state index in [9.17, 15) is 8.42 Å². The van der Waals surface area contributed by atoms with Gasteiger partial charge in [-0.05, 0) is 60.4 Å². The summed E-state index contributed by atoms with van der Waals surface area (Å²) in [6.45, 7) is 0.580. The van der Waals surface area contributed by atoms with Gasteiger partial charge in [-0.25, -0.2) is 8.42 Å². The third-order valence-electron chi connectivity index (χ3n) is 4.66. The molecule has 28 heavy (non-hydrogen) atoms. The van der Waals surface area contributed by atoms with Crippen molar-refractivity contribution >= 4 is 21.6 Å². The van der Waals surface area contributed by atoms with E-state index in [2.05, 4.69) is 11.1 Å². The first-order chi connectivity index (χ1) is 13.6. The molecule has 144 valence electrons. The highest BCUT2D eigenvalue weighted by atomic mass is 32.2. The summed E-state index contributed by atoms with van der Waals surface area (Å²) in [6, 6.07) is 19.2. The Bertz CT molecular complexity index is 1040. The molecule has 6 heteroatoms. The van der Waals surface area contributed by atoms with Crippen molar-refractivity contribution in [1.29, 1.82) is 0 Å². The summed E-state index contributed by atoms with van der Waals surface area (Å²) in [5.74, 6) is 0.854. The number of hydrogen-bond acceptors (Lipinski definition) is 5. The van der Waals surface area contributed by atoms with Crippen LogP contribution in [-0.4, -0.2) is 25.8 Å². The minimum absolute atomic E-state index is 0.110. The molecule has 0 radical (unpaired) electrons. The van der Waals surface area contributed by atoms with Gasteiger partial charge >= 0.3 is 0 Å². The van der Waals surface area contributed by atoms with Gasteiger partial charge in [0.15, 0.2) is 9.84 Å². The molecule has 1 unspecified atom stereocenters. The molecule has 0 amide bonds. The lowest BCUT2D eigenvalue weighted by atomic mass is 10.1. The van der Waals surface area contributed by atoms with E-state index in [1.54, 1.807) is 30.1 Å². The van der Waals surface area contributed by atoms with Crippen molar-refractivity contribution in [3.05, 3.63) is 84.2 Å². The Balaban J connectivity index is 1.44. The Kier molecular flexibility index (Phi) is 5.69. The number of rotatable bonds is 7. The number of aryl methyl sites for hydroxylation is 1. The molecular formula is C22H21NO3S2. The molecular weight excluding hydrogens is 390 g/mol. The zero-order valence-electron chi connectivity index (χ0n) is 15.3. The SMILES string of the molecule is O=S1(=O)CC(Sc2ccccc2)c2cc(OCCCc3cccnc3)ccc21. The average molecular weight is 412 g/mol. The summed E-state index contributed by atoms with van der Waals surface area (Å²) >= 11 is 1.59. The molecule has 1 aliphatic heterocycles. The van der Waals surface area contributed by atoms with Crippen molar-refractivity contribution < 1.29 is 13.2 Å². The monoisotopic (exact) mass is 411 g/mol. The number of fused-ring (bicyclic) bond motifs is 1. The summed E-state index contributed by atoms with van der Waals surface area (Å²) in [6.07, 6.45) is 5.41. The molecule has 0 fully saturated rings. The zero-order chi connectivity index (χ0) is 19.4. The maximum Gasteiger partial charge on any atom is 0.180 e. The number of pyridine rings is 1. The molecule has 1 aromatic heterocycles. The third kappa shape index (κ3) is 4.39. The van der Waals surface area contributed by atoms with E-state index in [-0.39, 0.29) is 11.0 Å². The summed E-state index contributed by atoms with van der Waals surface area (Å²) in [4.78, 5) is 5.62. The van der Waals surface area contributed by atoms with Crippen LogP contribution in [0.2, 0.25) is 0 Å². The first kappa shape index (κ1) is 19.0. The molecule has 1 aliphatic rings. The summed E-state index contributed by atoms with van der Waals surface area (Å²) in [5, 5.41) is -0.110. The fourth-order valence-electron chi connectivity index (χ4n) is 3.30. The van der Waals surface area contributed by atoms with Crippen molar-refractivity contribution in [3.8, 4) is 5.75 Å². The standard InChI is InChI=1S/C22H21NO3S2/c24-28(25)16-21(27-19-8-2-1-3-9-19)20-14-18(10-11-22(20)28)26-13-5-7-17-6-4-12-23-15-17/h1-4,6,8-12,14-15,21H,5,7,13,16H2. The highest BCUT2D eigenvalue weighted by Crippen LogP contribution is 2.46. The Hall–Kier alpha value is -2.31. The second kappa shape index (κ2) is 8.37. The molecule has 3 aromatic rings. The van der Waals surface area contributed by atoms with E-state index in [1.165, 1.54) is 5.56 Å². The van der Waals surface area contributed by atoms with E-state index in [1.807, 2.05) is 48.7 Å². The van der Waals surface area contributed by atoms with E-state index < -0.39 is 9.84 Å². The highest BCUT2D eigenvalue weighted by Gasteiger charge is 2.35. The number of thioether (sulfide) groups is 1. The topological polar surface area (TPSA) is 56.3 Å². The van der Waals surface area contributed by atoms with E-state index in [4.69, 9.17) is 4.74 Å². The molecule has 2 aromatic carbocycles. The maximum atomic E-state index is 12.5. The summed E-state index contributed by atoms with van der Waals surface area (Å²) in [7, 11) is -3.24. The summed E-state index contributed by atoms with van der Waals surface area (Å²) in [5.41, 5.74) is 2.03. The lowest BCUT2D eigenvalue weighted by Gasteiger charge is -2.12. The number of ether oxygens (including phenoxy) is 1. The van der Waals surface area contributed by atoms with Crippen molar-refractivity contribution in [2.24, 2.45) is 0 Å². The Morgan fingerprint density at radius 2 is 1.93 bits per heavy atom. The van der Waals surface area contributed by atoms with Crippen LogP contribution >= 0.6 is 11.8 Å². The smallest absolute Gasteiger partial charge is 0.180 e. The minimum Gasteiger partial charge on any atom is -0.494 e. The lowest BCUT2D eigenvalue weighted by Crippen LogP contribution is -2.01. The molecule has 0 saturated carbocycles. The van der Waals surface area contributed by atoms with Crippen LogP contribution in [-0.2, 0) is 16.3 Å². The fraction of sp³-hybridized carbons (Fsp3) is 0.227. The van der Waals surface area contributed by atoms with Crippen molar-refractivity contribution in [2.75, 3.05) is 12.4 Å². The first-order valence-electron chi connectivity index (χ1n) is 9.22. The first-order valence-corrected chi connectivity index (χ1v) is 11.8. The van der Waals surface area contributed by atoms with Crippen molar-refractivity contribution in [1.82, 2.24) is 4.98 Å². The third-order valence-corrected chi connectivity index (χ3v) is 7.93. The molecule has 0 bridgehead atoms. The minimum atomic E-state index is -3.24. The number of hydrogen-bond donors (Lipinski definition) is 0. The van der Waals surface area contributed by atoms with Gasteiger partial charge in [-0.15, -0.1) is 11.8 Å². The molecule has 0 aliphatic carbocycles. The van der Waals surface area contributed by atoms with Crippen LogP contribution in [0.3, 0.4) is 0 Å². The van der Waals surface area contributed by atoms with Crippen LogP contribution in [0, 0.1) is 0 Å². The van der Waals surface area contributed by atoms with Gasteiger partial charge < -0.3 is 4.74 Å². The largest absolute Gasteiger partial charge is 0.494 e. The Morgan fingerprint density at radius 3 is 2.71 bits per heavy atom. The number of aromatic nitrogens is 1. The van der Waals surface area contributed by atoms with E-state index in [0.717, 1.165) is 29.1 Å². The van der Waals surface area contributed by atoms with Gasteiger partial charge in [0.2, 0.25) is 0 Å². The Labute approximate surface area is 169 Å². The van der Waals surface area contributed by atoms with Gasteiger partial charge in [0.1, 0.15) is 5.75 Å². The zero-order valence-corrected chi connectivity index (χ0v) is 17.0. The van der Waals surface area contributed by atoms with Gasteiger partial charge in [-0.1, -0.05) is 24.3 Å². The molecule has 2 heterocycles. The second-order valence-electron chi connectivity index (χ2n) is 6.71. The fourth-order valence-corrected chi connectivity index (χ4v) is 6.75. The van der Waals surface area contributed by atoms with Crippen molar-refractivity contribution in [3.63, 3.8) is 0 Å². The van der Waals surface area contributed by atoms with Gasteiger partial charge in [0.25, 0.3) is 0 Å². The van der Waals surface area contributed by atoms with Gasteiger partial charge in [0, 0.05) is 17.3 Å². The second-order valence-corrected chi connectivity index (χ2v) is 9.99. The molecule has 1 atom stereocenters. The Morgan fingerprint density at radius 1 is 1.07 bits per heavy atom. The number of benzene rings is 2. The average Bonchev–Trinajstić information content (AvgIpc) is 2.96. The summed E-state index contributed by atoms with van der Waals surface area (Å²) < 4.78 is 30.9. The predicted octanol–water partition coefficient (Wildman–Crippen LogP) is 4.71. The van der Waals surface area contributed by atoms with Crippen LogP contribution in [0.4, 0.5) is 0 Å². The maximum absolute atomic E-state index is 12.5. The van der Waals surface area contributed by atoms with Crippen LogP contribution in [0.5, 0.6) is 5.75 Å². The molecule has 0 N–H and O–H groups in total. The van der Waals surface area contributed by atoms with Crippen LogP contribution in [0.1, 0.15) is 22.8 Å². The number of nitrogens with zero attached hydrogens (tertiary/aromatic N) is 1. The number of sulfone groups is 1. The quantitative estimate of drug-likeness (QED) is 0.527. The van der Waals surface area contributed by atoms with Crippen LogP contribution < -0.4 is 4.74 Å². The lowest BCUT2D eigenvalue weighted by molar-refractivity contribution is 0.310. The van der Waals surface area contributed by atoms with Crippen molar-refractivity contribution in [2.45, 2.75) is 27.9 Å². The van der Waals surface area contributed by atoms with Gasteiger partial charge in [0.05, 0.1) is 22.5 Å². The van der Waals surface area contributed by atoms with Crippen LogP contribution in [0.15, 0.2) is 82.8 Å². The van der Waals surface area contributed by atoms with Crippen LogP contribution in [0.25, 0.3) is 0 Å². The molecule has 0 saturated heterocycles. The molecule has 4 nitrogen and oxygen atoms in total. The molecule has 4 rings (SSSR count). The highest BCUT2D eigenvalue weighted by molar-refractivity contribution is 8.01. The predicted molar refractivity (Wildman–Crippen MR) is 112 cm³/mol. The normalized spacial score (nSPS) is 17.2. The van der Waals surface area contributed by atoms with E-state index >= 15 is 0 Å². The van der Waals surface area contributed by atoms with Gasteiger partial charge in [-0.2, -0.15) is 0 Å².